The van der Waals surface area contributed by atoms with Crippen LogP contribution >= 0.6 is 0 Å². The molecule has 0 amide bonds. The van der Waals surface area contributed by atoms with Crippen LogP contribution in [0, 0.1) is 5.92 Å². The van der Waals surface area contributed by atoms with E-state index >= 15 is 0 Å². The molecular weight excluding hydrogens is 226 g/mol. The quantitative estimate of drug-likeness (QED) is 0.805. The highest BCUT2D eigenvalue weighted by Gasteiger charge is 2.21. The zero-order valence-electron chi connectivity index (χ0n) is 10.9. The molecule has 0 spiro atoms. The van der Waals surface area contributed by atoms with E-state index < -0.39 is 5.97 Å². The Bertz CT molecular complexity index is 395. The largest absolute Gasteiger partial charge is 0.478 e. The van der Waals surface area contributed by atoms with E-state index in [4.69, 9.17) is 5.11 Å². The van der Waals surface area contributed by atoms with Crippen molar-refractivity contribution >= 4 is 5.97 Å². The molecule has 18 heavy (non-hydrogen) atoms. The van der Waals surface area contributed by atoms with Gasteiger partial charge in [-0.3, -0.25) is 4.90 Å². The van der Waals surface area contributed by atoms with Crippen molar-refractivity contribution in [2.75, 3.05) is 13.1 Å². The highest BCUT2D eigenvalue weighted by molar-refractivity contribution is 5.87. The second kappa shape index (κ2) is 6.01. The molecule has 3 nitrogen and oxygen atoms in total. The van der Waals surface area contributed by atoms with Crippen molar-refractivity contribution in [2.45, 2.75) is 32.7 Å². The van der Waals surface area contributed by atoms with Crippen molar-refractivity contribution in [3.05, 3.63) is 35.4 Å². The van der Waals surface area contributed by atoms with Gasteiger partial charge in [-0.2, -0.15) is 0 Å². The van der Waals surface area contributed by atoms with Gasteiger partial charge in [-0.05, 0) is 43.1 Å². The molecule has 0 atom stereocenters. The van der Waals surface area contributed by atoms with E-state index in [1.165, 1.54) is 24.8 Å². The minimum absolute atomic E-state index is 0.361. The minimum Gasteiger partial charge on any atom is -0.478 e. The number of benzene rings is 1. The summed E-state index contributed by atoms with van der Waals surface area (Å²) in [6, 6.07) is 7.21. The van der Waals surface area contributed by atoms with Crippen LogP contribution in [0.25, 0.3) is 0 Å². The molecule has 0 bridgehead atoms. The predicted octanol–water partition coefficient (Wildman–Crippen LogP) is 3.01. The molecule has 1 aliphatic carbocycles. The molecule has 3 heteroatoms. The average Bonchev–Trinajstić information content (AvgIpc) is 3.19. The lowest BCUT2D eigenvalue weighted by Crippen LogP contribution is -2.24. The van der Waals surface area contributed by atoms with E-state index in [-0.39, 0.29) is 0 Å². The molecule has 98 valence electrons. The normalized spacial score (nSPS) is 15.0. The topological polar surface area (TPSA) is 40.5 Å². The predicted molar refractivity (Wildman–Crippen MR) is 71.7 cm³/mol. The average molecular weight is 247 g/mol. The Morgan fingerprint density at radius 3 is 2.50 bits per heavy atom. The second-order valence-corrected chi connectivity index (χ2v) is 5.10. The van der Waals surface area contributed by atoms with Crippen LogP contribution < -0.4 is 0 Å². The van der Waals surface area contributed by atoms with Crippen LogP contribution in [0.5, 0.6) is 0 Å². The highest BCUT2D eigenvalue weighted by Crippen LogP contribution is 2.32. The van der Waals surface area contributed by atoms with Gasteiger partial charge in [-0.25, -0.2) is 4.79 Å². The summed E-state index contributed by atoms with van der Waals surface area (Å²) in [7, 11) is 0. The van der Waals surface area contributed by atoms with Gasteiger partial charge >= 0.3 is 5.97 Å². The molecule has 0 aliphatic heterocycles. The van der Waals surface area contributed by atoms with Crippen molar-refractivity contribution in [3.8, 4) is 0 Å². The van der Waals surface area contributed by atoms with Crippen LogP contribution in [-0.4, -0.2) is 29.1 Å². The van der Waals surface area contributed by atoms with Crippen LogP contribution in [0.4, 0.5) is 0 Å². The smallest absolute Gasteiger partial charge is 0.335 e. The molecule has 1 N–H and O–H groups in total. The fourth-order valence-electron chi connectivity index (χ4n) is 2.13. The molecule has 1 aromatic rings. The molecule has 1 aromatic carbocycles. The summed E-state index contributed by atoms with van der Waals surface area (Å²) in [6.45, 7) is 5.30. The van der Waals surface area contributed by atoms with Gasteiger partial charge < -0.3 is 5.11 Å². The third-order valence-corrected chi connectivity index (χ3v) is 3.60. The molecule has 0 heterocycles. The van der Waals surface area contributed by atoms with Gasteiger partial charge in [0.25, 0.3) is 0 Å². The van der Waals surface area contributed by atoms with E-state index in [0.717, 1.165) is 25.6 Å². The Labute approximate surface area is 108 Å². The van der Waals surface area contributed by atoms with Crippen molar-refractivity contribution in [2.24, 2.45) is 5.92 Å². The number of carboxylic acids is 1. The maximum Gasteiger partial charge on any atom is 0.335 e. The van der Waals surface area contributed by atoms with E-state index in [2.05, 4.69) is 11.8 Å². The van der Waals surface area contributed by atoms with Crippen molar-refractivity contribution in [1.82, 2.24) is 4.90 Å². The van der Waals surface area contributed by atoms with Crippen LogP contribution in [-0.2, 0) is 6.54 Å². The van der Waals surface area contributed by atoms with E-state index in [0.29, 0.717) is 5.56 Å². The fraction of sp³-hybridized carbons (Fsp3) is 0.533. The Balaban J connectivity index is 1.87. The summed E-state index contributed by atoms with van der Waals surface area (Å²) >= 11 is 0. The van der Waals surface area contributed by atoms with Crippen molar-refractivity contribution in [3.63, 3.8) is 0 Å². The molecule has 2 rings (SSSR count). The molecule has 0 unspecified atom stereocenters. The zero-order valence-corrected chi connectivity index (χ0v) is 10.9. The number of rotatable bonds is 7. The number of aromatic carboxylic acids is 1. The Hall–Kier alpha value is -1.35. The SMILES string of the molecule is CCN(CCC1CC1)Cc1ccc(C(=O)O)cc1. The van der Waals surface area contributed by atoms with Gasteiger partial charge in [0.1, 0.15) is 0 Å². The highest BCUT2D eigenvalue weighted by atomic mass is 16.4. The molecule has 0 saturated heterocycles. The van der Waals surface area contributed by atoms with E-state index in [1.54, 1.807) is 12.1 Å². The third kappa shape index (κ3) is 3.84. The van der Waals surface area contributed by atoms with Gasteiger partial charge in [-0.15, -0.1) is 0 Å². The number of nitrogens with zero attached hydrogens (tertiary/aromatic N) is 1. The van der Waals surface area contributed by atoms with Crippen LogP contribution in [0.15, 0.2) is 24.3 Å². The van der Waals surface area contributed by atoms with Crippen LogP contribution in [0.1, 0.15) is 42.1 Å². The number of carboxylic acid groups (broad SMARTS) is 1. The van der Waals surface area contributed by atoms with Gasteiger partial charge in [0.2, 0.25) is 0 Å². The standard InChI is InChI=1S/C15H21NO2/c1-2-16(10-9-12-3-4-12)11-13-5-7-14(8-6-13)15(17)18/h5-8,12H,2-4,9-11H2,1H3,(H,17,18). The Kier molecular flexibility index (Phi) is 4.37. The summed E-state index contributed by atoms with van der Waals surface area (Å²) < 4.78 is 0. The first-order chi connectivity index (χ1) is 8.69. The van der Waals surface area contributed by atoms with Crippen LogP contribution in [0.2, 0.25) is 0 Å². The first-order valence-corrected chi connectivity index (χ1v) is 6.73. The fourth-order valence-corrected chi connectivity index (χ4v) is 2.13. The zero-order chi connectivity index (χ0) is 13.0. The monoisotopic (exact) mass is 247 g/mol. The Morgan fingerprint density at radius 1 is 1.33 bits per heavy atom. The summed E-state index contributed by atoms with van der Waals surface area (Å²) in [6.07, 6.45) is 4.12. The van der Waals surface area contributed by atoms with Crippen molar-refractivity contribution < 1.29 is 9.90 Å². The number of carbonyl (C=O) groups is 1. The number of hydrogen-bond donors (Lipinski definition) is 1. The third-order valence-electron chi connectivity index (χ3n) is 3.60. The van der Waals surface area contributed by atoms with E-state index in [1.807, 2.05) is 12.1 Å². The lowest BCUT2D eigenvalue weighted by atomic mass is 10.1. The first-order valence-electron chi connectivity index (χ1n) is 6.73. The first kappa shape index (κ1) is 13.1. The Morgan fingerprint density at radius 2 is 2.00 bits per heavy atom. The van der Waals surface area contributed by atoms with Gasteiger partial charge in [-0.1, -0.05) is 31.9 Å². The molecule has 1 saturated carbocycles. The van der Waals surface area contributed by atoms with Gasteiger partial charge in [0.15, 0.2) is 0 Å². The summed E-state index contributed by atoms with van der Waals surface area (Å²) in [5.74, 6) is 0.107. The number of hydrogen-bond acceptors (Lipinski definition) is 2. The van der Waals surface area contributed by atoms with Gasteiger partial charge in [0.05, 0.1) is 5.56 Å². The maximum absolute atomic E-state index is 10.8. The lowest BCUT2D eigenvalue weighted by Gasteiger charge is -2.20. The molecular formula is C15H21NO2. The minimum atomic E-state index is -0.859. The molecule has 1 aliphatic rings. The van der Waals surface area contributed by atoms with Crippen LogP contribution in [0.3, 0.4) is 0 Å². The summed E-state index contributed by atoms with van der Waals surface area (Å²) in [5, 5.41) is 8.85. The molecule has 0 radical (unpaired) electrons. The molecule has 0 aromatic heterocycles. The lowest BCUT2D eigenvalue weighted by molar-refractivity contribution is 0.0697. The second-order valence-electron chi connectivity index (χ2n) is 5.10. The van der Waals surface area contributed by atoms with E-state index in [9.17, 15) is 4.79 Å². The maximum atomic E-state index is 10.8. The summed E-state index contributed by atoms with van der Waals surface area (Å²) in [4.78, 5) is 13.2. The summed E-state index contributed by atoms with van der Waals surface area (Å²) in [5.41, 5.74) is 1.55. The molecule has 1 fully saturated rings. The van der Waals surface area contributed by atoms with Gasteiger partial charge in [0, 0.05) is 6.54 Å². The van der Waals surface area contributed by atoms with Crippen molar-refractivity contribution in [1.29, 1.82) is 0 Å².